The molecule has 4 heteroatoms. The van der Waals surface area contributed by atoms with E-state index < -0.39 is 0 Å². The minimum atomic E-state index is 0.338. The SMILES string of the molecule is N#Cc1cccc(OCc2ccc(Cl)cc2Cl)c1. The summed E-state index contributed by atoms with van der Waals surface area (Å²) in [5, 5.41) is 9.94. The quantitative estimate of drug-likeness (QED) is 0.831. The van der Waals surface area contributed by atoms with Gasteiger partial charge in [0.25, 0.3) is 0 Å². The smallest absolute Gasteiger partial charge is 0.121 e. The highest BCUT2D eigenvalue weighted by molar-refractivity contribution is 6.35. The summed E-state index contributed by atoms with van der Waals surface area (Å²) in [5.41, 5.74) is 1.41. The van der Waals surface area contributed by atoms with Crippen LogP contribution in [0.4, 0.5) is 0 Å². The second-order valence-corrected chi connectivity index (χ2v) is 4.51. The Balaban J connectivity index is 2.09. The van der Waals surface area contributed by atoms with E-state index in [1.807, 2.05) is 6.07 Å². The van der Waals surface area contributed by atoms with Crippen LogP contribution in [-0.4, -0.2) is 0 Å². The first-order chi connectivity index (χ1) is 8.69. The Labute approximate surface area is 115 Å². The lowest BCUT2D eigenvalue weighted by atomic mass is 10.2. The molecule has 0 saturated carbocycles. The minimum absolute atomic E-state index is 0.338. The van der Waals surface area contributed by atoms with Crippen molar-refractivity contribution in [2.75, 3.05) is 0 Å². The lowest BCUT2D eigenvalue weighted by molar-refractivity contribution is 0.306. The van der Waals surface area contributed by atoms with E-state index in [0.717, 1.165) is 5.56 Å². The van der Waals surface area contributed by atoms with Crippen molar-refractivity contribution < 1.29 is 4.74 Å². The van der Waals surface area contributed by atoms with Crippen LogP contribution in [0, 0.1) is 11.3 Å². The van der Waals surface area contributed by atoms with Gasteiger partial charge in [-0.1, -0.05) is 35.3 Å². The average Bonchev–Trinajstić information content (AvgIpc) is 2.38. The maximum atomic E-state index is 8.78. The molecule has 0 aliphatic heterocycles. The maximum Gasteiger partial charge on any atom is 0.121 e. The second kappa shape index (κ2) is 5.77. The van der Waals surface area contributed by atoms with Gasteiger partial charge in [0.1, 0.15) is 12.4 Å². The summed E-state index contributed by atoms with van der Waals surface area (Å²) in [6.07, 6.45) is 0. The largest absolute Gasteiger partial charge is 0.489 e. The molecule has 0 fully saturated rings. The number of nitrogens with zero attached hydrogens (tertiary/aromatic N) is 1. The van der Waals surface area contributed by atoms with Crippen LogP contribution in [0.15, 0.2) is 42.5 Å². The molecule has 0 N–H and O–H groups in total. The van der Waals surface area contributed by atoms with Gasteiger partial charge in [0.05, 0.1) is 11.6 Å². The standard InChI is InChI=1S/C14H9Cl2NO/c15-12-5-4-11(14(16)7-12)9-18-13-3-1-2-10(6-13)8-17/h1-7H,9H2. The van der Waals surface area contributed by atoms with Gasteiger partial charge in [-0.3, -0.25) is 0 Å². The van der Waals surface area contributed by atoms with Crippen LogP contribution in [0.3, 0.4) is 0 Å². The highest BCUT2D eigenvalue weighted by Crippen LogP contribution is 2.22. The van der Waals surface area contributed by atoms with Crippen LogP contribution < -0.4 is 4.74 Å². The molecule has 0 aliphatic carbocycles. The lowest BCUT2D eigenvalue weighted by Gasteiger charge is -2.08. The van der Waals surface area contributed by atoms with Crippen molar-refractivity contribution in [3.63, 3.8) is 0 Å². The minimum Gasteiger partial charge on any atom is -0.489 e. The van der Waals surface area contributed by atoms with Crippen molar-refractivity contribution in [3.8, 4) is 11.8 Å². The molecule has 2 nitrogen and oxygen atoms in total. The zero-order valence-electron chi connectivity index (χ0n) is 9.36. The predicted molar refractivity (Wildman–Crippen MR) is 72.0 cm³/mol. The summed E-state index contributed by atoms with van der Waals surface area (Å²) in [6, 6.07) is 14.3. The van der Waals surface area contributed by atoms with Gasteiger partial charge in [-0.25, -0.2) is 0 Å². The summed E-state index contributed by atoms with van der Waals surface area (Å²) in [4.78, 5) is 0. The predicted octanol–water partition coefficient (Wildman–Crippen LogP) is 4.44. The Hall–Kier alpha value is -1.69. The molecule has 0 heterocycles. The number of rotatable bonds is 3. The van der Waals surface area contributed by atoms with Crippen molar-refractivity contribution in [3.05, 3.63) is 63.6 Å². The van der Waals surface area contributed by atoms with Crippen molar-refractivity contribution in [2.45, 2.75) is 6.61 Å². The first kappa shape index (κ1) is 12.8. The molecule has 0 amide bonds. The summed E-state index contributed by atoms with van der Waals surface area (Å²) in [5.74, 6) is 0.639. The fourth-order valence-corrected chi connectivity index (χ4v) is 1.92. The molecule has 0 aromatic heterocycles. The molecule has 2 rings (SSSR count). The summed E-state index contributed by atoms with van der Waals surface area (Å²) >= 11 is 11.8. The number of nitriles is 1. The highest BCUT2D eigenvalue weighted by Gasteiger charge is 2.03. The van der Waals surface area contributed by atoms with E-state index in [1.165, 1.54) is 0 Å². The summed E-state index contributed by atoms with van der Waals surface area (Å²) < 4.78 is 5.58. The fraction of sp³-hybridized carbons (Fsp3) is 0.0714. The first-order valence-corrected chi connectivity index (χ1v) is 6.01. The number of hydrogen-bond acceptors (Lipinski definition) is 2. The van der Waals surface area contributed by atoms with E-state index in [2.05, 4.69) is 6.07 Å². The maximum absolute atomic E-state index is 8.78. The molecule has 0 radical (unpaired) electrons. The van der Waals surface area contributed by atoms with Crippen LogP contribution in [-0.2, 0) is 6.61 Å². The zero-order valence-corrected chi connectivity index (χ0v) is 10.9. The van der Waals surface area contributed by atoms with Crippen molar-refractivity contribution >= 4 is 23.2 Å². The molecule has 18 heavy (non-hydrogen) atoms. The van der Waals surface area contributed by atoms with Gasteiger partial charge in [0.2, 0.25) is 0 Å². The van der Waals surface area contributed by atoms with E-state index in [1.54, 1.807) is 36.4 Å². The van der Waals surface area contributed by atoms with Gasteiger partial charge in [-0.2, -0.15) is 5.26 Å². The van der Waals surface area contributed by atoms with Gasteiger partial charge in [-0.05, 0) is 30.3 Å². The van der Waals surface area contributed by atoms with E-state index in [-0.39, 0.29) is 0 Å². The molecule has 0 unspecified atom stereocenters. The molecule has 0 spiro atoms. The van der Waals surface area contributed by atoms with Crippen molar-refractivity contribution in [1.82, 2.24) is 0 Å². The van der Waals surface area contributed by atoms with Gasteiger partial charge in [0.15, 0.2) is 0 Å². The normalized spacial score (nSPS) is 9.83. The Morgan fingerprint density at radius 2 is 1.94 bits per heavy atom. The summed E-state index contributed by atoms with van der Waals surface area (Å²) in [6.45, 7) is 0.338. The number of benzene rings is 2. The third kappa shape index (κ3) is 3.16. The Morgan fingerprint density at radius 3 is 2.67 bits per heavy atom. The molecule has 0 aliphatic rings. The van der Waals surface area contributed by atoms with Crippen LogP contribution in [0.5, 0.6) is 5.75 Å². The van der Waals surface area contributed by atoms with E-state index >= 15 is 0 Å². The number of halogens is 2. The fourth-order valence-electron chi connectivity index (χ4n) is 1.46. The third-order valence-electron chi connectivity index (χ3n) is 2.37. The van der Waals surface area contributed by atoms with Crippen molar-refractivity contribution in [2.24, 2.45) is 0 Å². The Morgan fingerprint density at radius 1 is 1.11 bits per heavy atom. The average molecular weight is 278 g/mol. The van der Waals surface area contributed by atoms with E-state index in [9.17, 15) is 0 Å². The van der Waals surface area contributed by atoms with E-state index in [4.69, 9.17) is 33.2 Å². The first-order valence-electron chi connectivity index (χ1n) is 5.26. The molecule has 0 saturated heterocycles. The Kier molecular flexibility index (Phi) is 4.09. The van der Waals surface area contributed by atoms with Crippen molar-refractivity contribution in [1.29, 1.82) is 5.26 Å². The van der Waals surface area contributed by atoms with Gasteiger partial charge < -0.3 is 4.74 Å². The van der Waals surface area contributed by atoms with Crippen LogP contribution >= 0.6 is 23.2 Å². The van der Waals surface area contributed by atoms with Gasteiger partial charge >= 0.3 is 0 Å². The molecular weight excluding hydrogens is 269 g/mol. The van der Waals surface area contributed by atoms with Gasteiger partial charge in [-0.15, -0.1) is 0 Å². The number of ether oxygens (including phenoxy) is 1. The topological polar surface area (TPSA) is 33.0 Å². The number of hydrogen-bond donors (Lipinski definition) is 0. The highest BCUT2D eigenvalue weighted by atomic mass is 35.5. The van der Waals surface area contributed by atoms with E-state index in [0.29, 0.717) is 28.0 Å². The third-order valence-corrected chi connectivity index (χ3v) is 2.96. The summed E-state index contributed by atoms with van der Waals surface area (Å²) in [7, 11) is 0. The van der Waals surface area contributed by atoms with Crippen LogP contribution in [0.25, 0.3) is 0 Å². The molecule has 0 atom stereocenters. The Bertz CT molecular complexity index is 605. The van der Waals surface area contributed by atoms with Crippen LogP contribution in [0.1, 0.15) is 11.1 Å². The molecule has 2 aromatic rings. The second-order valence-electron chi connectivity index (χ2n) is 3.66. The molecule has 90 valence electrons. The lowest BCUT2D eigenvalue weighted by Crippen LogP contribution is -1.96. The molecule has 2 aromatic carbocycles. The molecule has 0 bridgehead atoms. The molecular formula is C14H9Cl2NO. The van der Waals surface area contributed by atoms with Crippen LogP contribution in [0.2, 0.25) is 10.0 Å². The monoisotopic (exact) mass is 277 g/mol. The van der Waals surface area contributed by atoms with Gasteiger partial charge in [0, 0.05) is 15.6 Å². The zero-order chi connectivity index (χ0) is 13.0.